The van der Waals surface area contributed by atoms with Gasteiger partial charge < -0.3 is 23.8 Å². The second-order valence-corrected chi connectivity index (χ2v) is 9.10. The zero-order valence-corrected chi connectivity index (χ0v) is 20.6. The fraction of sp³-hybridized carbons (Fsp3) is 0.407. The quantitative estimate of drug-likeness (QED) is 0.495. The molecule has 5 rings (SSSR count). The van der Waals surface area contributed by atoms with E-state index in [1.807, 2.05) is 60.4 Å². The summed E-state index contributed by atoms with van der Waals surface area (Å²) < 4.78 is 16.6. The Labute approximate surface area is 210 Å². The molecular weight excluding hydrogens is 460 g/mol. The summed E-state index contributed by atoms with van der Waals surface area (Å²) in [5.41, 5.74) is 1.63. The van der Waals surface area contributed by atoms with Crippen LogP contribution >= 0.6 is 0 Å². The highest BCUT2D eigenvalue weighted by molar-refractivity contribution is 6.00. The Morgan fingerprint density at radius 2 is 1.89 bits per heavy atom. The zero-order chi connectivity index (χ0) is 25.1. The predicted octanol–water partition coefficient (Wildman–Crippen LogP) is 3.90. The largest absolute Gasteiger partial charge is 0.493 e. The minimum Gasteiger partial charge on any atom is -0.493 e. The number of hydrogen-bond donors (Lipinski definition) is 0. The van der Waals surface area contributed by atoms with Crippen molar-refractivity contribution in [2.45, 2.75) is 32.1 Å². The van der Waals surface area contributed by atoms with Crippen molar-refractivity contribution in [1.29, 1.82) is 0 Å². The van der Waals surface area contributed by atoms with Crippen molar-refractivity contribution in [2.75, 3.05) is 38.3 Å². The molecule has 0 saturated carbocycles. The number of amides is 2. The average molecular weight is 491 g/mol. The molecule has 2 aliphatic heterocycles. The lowest BCUT2D eigenvalue weighted by Gasteiger charge is -2.32. The van der Waals surface area contributed by atoms with Gasteiger partial charge in [-0.2, -0.15) is 4.98 Å². The molecule has 0 unspecified atom stereocenters. The second kappa shape index (κ2) is 10.4. The summed E-state index contributed by atoms with van der Waals surface area (Å²) >= 11 is 0. The van der Waals surface area contributed by atoms with E-state index >= 15 is 0 Å². The minimum atomic E-state index is -0.307. The van der Waals surface area contributed by atoms with Crippen molar-refractivity contribution < 1.29 is 23.6 Å². The van der Waals surface area contributed by atoms with Gasteiger partial charge in [-0.05, 0) is 50.1 Å². The van der Waals surface area contributed by atoms with E-state index in [2.05, 4.69) is 10.1 Å². The van der Waals surface area contributed by atoms with Gasteiger partial charge in [0.05, 0.1) is 19.6 Å². The van der Waals surface area contributed by atoms with Crippen LogP contribution in [0.15, 0.2) is 53.1 Å². The molecule has 3 aromatic rings. The number of carbonyl (C=O) groups is 2. The van der Waals surface area contributed by atoms with Gasteiger partial charge in [0, 0.05) is 43.2 Å². The SMILES string of the molecule is CCOc1ccc(-c2noc(C3CCN(C(=O)[C@@H]4CC(=O)N(c5ccccc5)C4)CC3)n2)cc1OC. The van der Waals surface area contributed by atoms with Crippen LogP contribution in [0.25, 0.3) is 11.4 Å². The number of hydrogen-bond acceptors (Lipinski definition) is 7. The first-order valence-corrected chi connectivity index (χ1v) is 12.4. The van der Waals surface area contributed by atoms with E-state index in [0.717, 1.165) is 24.1 Å². The highest BCUT2D eigenvalue weighted by Gasteiger charge is 2.38. The summed E-state index contributed by atoms with van der Waals surface area (Å²) in [6.07, 6.45) is 1.73. The van der Waals surface area contributed by atoms with E-state index in [9.17, 15) is 9.59 Å². The fourth-order valence-electron chi connectivity index (χ4n) is 4.94. The molecule has 0 N–H and O–H groups in total. The van der Waals surface area contributed by atoms with Gasteiger partial charge in [0.2, 0.25) is 23.5 Å². The molecule has 2 aliphatic rings. The van der Waals surface area contributed by atoms with E-state index < -0.39 is 0 Å². The number of anilines is 1. The van der Waals surface area contributed by atoms with Crippen molar-refractivity contribution in [2.24, 2.45) is 5.92 Å². The Bertz CT molecular complexity index is 1220. The van der Waals surface area contributed by atoms with Crippen LogP contribution in [-0.2, 0) is 9.59 Å². The molecule has 188 valence electrons. The summed E-state index contributed by atoms with van der Waals surface area (Å²) in [7, 11) is 1.60. The van der Waals surface area contributed by atoms with Gasteiger partial charge >= 0.3 is 0 Å². The Morgan fingerprint density at radius 3 is 2.61 bits per heavy atom. The predicted molar refractivity (Wildman–Crippen MR) is 133 cm³/mol. The van der Waals surface area contributed by atoms with Gasteiger partial charge in [-0.15, -0.1) is 0 Å². The third kappa shape index (κ3) is 4.78. The summed E-state index contributed by atoms with van der Waals surface area (Å²) in [6, 6.07) is 15.1. The highest BCUT2D eigenvalue weighted by atomic mass is 16.5. The van der Waals surface area contributed by atoms with Gasteiger partial charge in [-0.1, -0.05) is 23.4 Å². The summed E-state index contributed by atoms with van der Waals surface area (Å²) in [5.74, 6) is 2.19. The molecule has 1 atom stereocenters. The molecule has 0 aliphatic carbocycles. The monoisotopic (exact) mass is 490 g/mol. The van der Waals surface area contributed by atoms with Crippen molar-refractivity contribution in [3.63, 3.8) is 0 Å². The first-order chi connectivity index (χ1) is 17.6. The van der Waals surface area contributed by atoms with Gasteiger partial charge in [0.1, 0.15) is 0 Å². The van der Waals surface area contributed by atoms with Crippen LogP contribution in [0.1, 0.15) is 38.0 Å². The maximum absolute atomic E-state index is 13.2. The van der Waals surface area contributed by atoms with E-state index in [0.29, 0.717) is 49.5 Å². The van der Waals surface area contributed by atoms with E-state index in [1.54, 1.807) is 12.0 Å². The average Bonchev–Trinajstić information content (AvgIpc) is 3.57. The van der Waals surface area contributed by atoms with E-state index in [-0.39, 0.29) is 30.1 Å². The third-order valence-corrected chi connectivity index (χ3v) is 6.86. The maximum atomic E-state index is 13.2. The molecule has 2 aromatic carbocycles. The van der Waals surface area contributed by atoms with Crippen LogP contribution in [0.3, 0.4) is 0 Å². The molecule has 0 bridgehead atoms. The van der Waals surface area contributed by atoms with Crippen LogP contribution in [0, 0.1) is 5.92 Å². The Balaban J connectivity index is 1.19. The molecule has 9 heteroatoms. The molecule has 36 heavy (non-hydrogen) atoms. The van der Waals surface area contributed by atoms with Crippen molar-refractivity contribution in [1.82, 2.24) is 15.0 Å². The minimum absolute atomic E-state index is 0.00116. The lowest BCUT2D eigenvalue weighted by Crippen LogP contribution is -2.42. The van der Waals surface area contributed by atoms with Crippen LogP contribution in [0.5, 0.6) is 11.5 Å². The number of nitrogens with zero attached hydrogens (tertiary/aromatic N) is 4. The summed E-state index contributed by atoms with van der Waals surface area (Å²) in [4.78, 5) is 33.9. The van der Waals surface area contributed by atoms with Gasteiger partial charge in [0.25, 0.3) is 0 Å². The van der Waals surface area contributed by atoms with Crippen molar-refractivity contribution in [3.8, 4) is 22.9 Å². The summed E-state index contributed by atoms with van der Waals surface area (Å²) in [6.45, 7) is 4.11. The Hall–Kier alpha value is -3.88. The van der Waals surface area contributed by atoms with Crippen LogP contribution in [0.2, 0.25) is 0 Å². The first-order valence-electron chi connectivity index (χ1n) is 12.4. The highest BCUT2D eigenvalue weighted by Crippen LogP contribution is 2.34. The molecule has 3 heterocycles. The van der Waals surface area contributed by atoms with Crippen LogP contribution < -0.4 is 14.4 Å². The number of likely N-dealkylation sites (tertiary alicyclic amines) is 1. The van der Waals surface area contributed by atoms with Crippen molar-refractivity contribution in [3.05, 3.63) is 54.4 Å². The van der Waals surface area contributed by atoms with E-state index in [4.69, 9.17) is 14.0 Å². The topological polar surface area (TPSA) is 98.0 Å². The third-order valence-electron chi connectivity index (χ3n) is 6.86. The molecule has 0 radical (unpaired) electrons. The molecular formula is C27H30N4O5. The number of carbonyl (C=O) groups excluding carboxylic acids is 2. The van der Waals surface area contributed by atoms with E-state index in [1.165, 1.54) is 0 Å². The molecule has 2 fully saturated rings. The molecule has 2 amide bonds. The first kappa shape index (κ1) is 23.8. The van der Waals surface area contributed by atoms with Gasteiger partial charge in [-0.3, -0.25) is 9.59 Å². The number of para-hydroxylation sites is 1. The molecule has 1 aromatic heterocycles. The molecule has 0 spiro atoms. The molecule has 2 saturated heterocycles. The van der Waals surface area contributed by atoms with Crippen molar-refractivity contribution >= 4 is 17.5 Å². The lowest BCUT2D eigenvalue weighted by atomic mass is 9.95. The smallest absolute Gasteiger partial charge is 0.230 e. The number of benzene rings is 2. The lowest BCUT2D eigenvalue weighted by molar-refractivity contribution is -0.136. The Morgan fingerprint density at radius 1 is 1.11 bits per heavy atom. The standard InChI is InChI=1S/C27H30N4O5/c1-3-35-22-10-9-19(15-23(22)34-2)25-28-26(36-29-25)18-11-13-30(14-12-18)27(33)20-16-24(32)31(17-20)21-7-5-4-6-8-21/h4-10,15,18,20H,3,11-14,16-17H2,1-2H3/t20-/m1/s1. The maximum Gasteiger partial charge on any atom is 0.230 e. The van der Waals surface area contributed by atoms with Crippen LogP contribution in [-0.4, -0.2) is 60.2 Å². The zero-order valence-electron chi connectivity index (χ0n) is 20.6. The normalized spacial score (nSPS) is 18.5. The number of ether oxygens (including phenoxy) is 2. The Kier molecular flexibility index (Phi) is 6.88. The number of piperidine rings is 1. The number of aromatic nitrogens is 2. The number of methoxy groups -OCH3 is 1. The molecule has 9 nitrogen and oxygen atoms in total. The van der Waals surface area contributed by atoms with Crippen LogP contribution in [0.4, 0.5) is 5.69 Å². The fourth-order valence-corrected chi connectivity index (χ4v) is 4.94. The van der Waals surface area contributed by atoms with Gasteiger partial charge in [0.15, 0.2) is 11.5 Å². The van der Waals surface area contributed by atoms with Gasteiger partial charge in [-0.25, -0.2) is 0 Å². The summed E-state index contributed by atoms with van der Waals surface area (Å²) in [5, 5.41) is 4.17. The number of rotatable bonds is 7. The second-order valence-electron chi connectivity index (χ2n) is 9.10.